The highest BCUT2D eigenvalue weighted by Gasteiger charge is 2.13. The monoisotopic (exact) mass is 372 g/mol. The van der Waals surface area contributed by atoms with Gasteiger partial charge in [0.1, 0.15) is 0 Å². The summed E-state index contributed by atoms with van der Waals surface area (Å²) in [6, 6.07) is 13.7. The van der Waals surface area contributed by atoms with Crippen LogP contribution in [0.3, 0.4) is 0 Å². The predicted octanol–water partition coefficient (Wildman–Crippen LogP) is 4.83. The lowest BCUT2D eigenvalue weighted by molar-refractivity contribution is -0.107. The molecule has 0 aliphatic carbocycles. The number of carbonyl (C=O) groups excluding carboxylic acids is 2. The Kier molecular flexibility index (Phi) is 6.45. The molecule has 0 spiro atoms. The molecule has 0 aromatic heterocycles. The number of anilines is 2. The van der Waals surface area contributed by atoms with E-state index in [2.05, 4.69) is 0 Å². The van der Waals surface area contributed by atoms with E-state index in [0.717, 1.165) is 22.0 Å². The minimum Gasteiger partial charge on any atom is -0.277 e. The number of carbonyl (C=O) groups is 2. The highest BCUT2D eigenvalue weighted by Crippen LogP contribution is 2.36. The highest BCUT2D eigenvalue weighted by molar-refractivity contribution is 8.78. The molecule has 0 aliphatic rings. The van der Waals surface area contributed by atoms with Gasteiger partial charge in [0, 0.05) is 10.0 Å². The van der Waals surface area contributed by atoms with Gasteiger partial charge in [0.05, 0.1) is 33.3 Å². The van der Waals surface area contributed by atoms with Gasteiger partial charge in [-0.15, -0.1) is 0 Å². The first-order chi connectivity index (χ1) is 10.6. The van der Waals surface area contributed by atoms with E-state index in [9.17, 15) is 9.59 Å². The summed E-state index contributed by atoms with van der Waals surface area (Å²) in [4.78, 5) is 22.5. The second kappa shape index (κ2) is 8.33. The van der Waals surface area contributed by atoms with E-state index in [1.165, 1.54) is 8.61 Å². The molecule has 0 heterocycles. The number of benzene rings is 2. The van der Waals surface area contributed by atoms with Crippen LogP contribution in [0.25, 0.3) is 0 Å². The SMILES string of the molecule is O=CN(SSN(C=O)c1cccc(Cl)c1)c1cccc(Cl)c1. The lowest BCUT2D eigenvalue weighted by atomic mass is 10.3. The summed E-state index contributed by atoms with van der Waals surface area (Å²) in [7, 11) is 2.18. The third-order valence-corrected chi connectivity index (χ3v) is 5.13. The number of halogens is 2. The molecule has 2 amide bonds. The highest BCUT2D eigenvalue weighted by atomic mass is 35.5. The van der Waals surface area contributed by atoms with E-state index in [-0.39, 0.29) is 0 Å². The van der Waals surface area contributed by atoms with Crippen molar-refractivity contribution in [2.75, 3.05) is 8.61 Å². The van der Waals surface area contributed by atoms with Crippen LogP contribution in [-0.2, 0) is 9.59 Å². The molecule has 0 fully saturated rings. The van der Waals surface area contributed by atoms with Crippen molar-refractivity contribution in [3.05, 3.63) is 58.6 Å². The summed E-state index contributed by atoms with van der Waals surface area (Å²) in [5.41, 5.74) is 1.24. The van der Waals surface area contributed by atoms with Crippen LogP contribution in [0.5, 0.6) is 0 Å². The van der Waals surface area contributed by atoms with Crippen LogP contribution in [0.2, 0.25) is 10.0 Å². The molecule has 0 radical (unpaired) electrons. The van der Waals surface area contributed by atoms with Crippen LogP contribution in [0, 0.1) is 0 Å². The van der Waals surface area contributed by atoms with Crippen molar-refractivity contribution in [3.63, 3.8) is 0 Å². The van der Waals surface area contributed by atoms with Gasteiger partial charge in [-0.1, -0.05) is 35.3 Å². The van der Waals surface area contributed by atoms with Crippen molar-refractivity contribution in [3.8, 4) is 0 Å². The maximum absolute atomic E-state index is 11.2. The summed E-state index contributed by atoms with van der Waals surface area (Å²) in [6.45, 7) is 0. The van der Waals surface area contributed by atoms with Crippen LogP contribution in [0.15, 0.2) is 48.5 Å². The molecule has 22 heavy (non-hydrogen) atoms. The Balaban J connectivity index is 2.08. The van der Waals surface area contributed by atoms with Crippen molar-refractivity contribution >= 4 is 69.4 Å². The first-order valence-electron chi connectivity index (χ1n) is 5.99. The van der Waals surface area contributed by atoms with Crippen molar-refractivity contribution in [1.29, 1.82) is 0 Å². The molecule has 2 aromatic rings. The minimum atomic E-state index is 0.525. The molecule has 0 saturated heterocycles. The first-order valence-corrected chi connectivity index (χ1v) is 8.81. The molecule has 8 heteroatoms. The van der Waals surface area contributed by atoms with Gasteiger partial charge in [-0.05, 0) is 36.4 Å². The fraction of sp³-hybridized carbons (Fsp3) is 0. The predicted molar refractivity (Wildman–Crippen MR) is 95.2 cm³/mol. The van der Waals surface area contributed by atoms with Crippen LogP contribution < -0.4 is 8.61 Å². The second-order valence-corrected chi connectivity index (χ2v) is 6.82. The Hall–Kier alpha value is -1.34. The fourth-order valence-electron chi connectivity index (χ4n) is 1.54. The summed E-state index contributed by atoms with van der Waals surface area (Å²) >= 11 is 11.8. The van der Waals surface area contributed by atoms with Gasteiger partial charge >= 0.3 is 0 Å². The van der Waals surface area contributed by atoms with Crippen LogP contribution in [0.1, 0.15) is 0 Å². The topological polar surface area (TPSA) is 40.6 Å². The maximum Gasteiger partial charge on any atom is 0.224 e. The average Bonchev–Trinajstić information content (AvgIpc) is 2.52. The lowest BCUT2D eigenvalue weighted by Crippen LogP contribution is -2.15. The average molecular weight is 373 g/mol. The largest absolute Gasteiger partial charge is 0.277 e. The molecule has 0 N–H and O–H groups in total. The lowest BCUT2D eigenvalue weighted by Gasteiger charge is -2.20. The Bertz CT molecular complexity index is 615. The quantitative estimate of drug-likeness (QED) is 0.396. The number of nitrogens with zero attached hydrogens (tertiary/aromatic N) is 2. The maximum atomic E-state index is 11.2. The summed E-state index contributed by atoms with van der Waals surface area (Å²) in [5, 5.41) is 1.05. The summed E-state index contributed by atoms with van der Waals surface area (Å²) in [5.74, 6) is 0. The van der Waals surface area contributed by atoms with Gasteiger partial charge in [0.2, 0.25) is 12.8 Å². The van der Waals surface area contributed by atoms with E-state index in [4.69, 9.17) is 23.2 Å². The Labute approximate surface area is 146 Å². The van der Waals surface area contributed by atoms with Crippen molar-refractivity contribution in [2.24, 2.45) is 0 Å². The zero-order valence-corrected chi connectivity index (χ0v) is 14.2. The fourth-order valence-corrected chi connectivity index (χ4v) is 3.68. The number of rotatable bonds is 7. The molecule has 0 saturated carbocycles. The Morgan fingerprint density at radius 1 is 0.773 bits per heavy atom. The molecule has 114 valence electrons. The van der Waals surface area contributed by atoms with E-state index < -0.39 is 0 Å². The van der Waals surface area contributed by atoms with Crippen LogP contribution in [0.4, 0.5) is 11.4 Å². The van der Waals surface area contributed by atoms with E-state index in [1.54, 1.807) is 48.5 Å². The normalized spacial score (nSPS) is 10.1. The molecular formula is C14H10Cl2N2O2S2. The van der Waals surface area contributed by atoms with E-state index in [0.29, 0.717) is 34.2 Å². The molecule has 2 rings (SSSR count). The molecular weight excluding hydrogens is 363 g/mol. The smallest absolute Gasteiger partial charge is 0.224 e. The number of amides is 2. The molecule has 0 unspecified atom stereocenters. The van der Waals surface area contributed by atoms with Gasteiger partial charge < -0.3 is 0 Å². The van der Waals surface area contributed by atoms with E-state index in [1.807, 2.05) is 0 Å². The van der Waals surface area contributed by atoms with Gasteiger partial charge in [-0.3, -0.25) is 9.59 Å². The van der Waals surface area contributed by atoms with E-state index >= 15 is 0 Å². The number of hydrogen-bond acceptors (Lipinski definition) is 4. The minimum absolute atomic E-state index is 0.525. The Morgan fingerprint density at radius 3 is 1.50 bits per heavy atom. The molecule has 0 aliphatic heterocycles. The summed E-state index contributed by atoms with van der Waals surface area (Å²) in [6.07, 6.45) is 1.31. The van der Waals surface area contributed by atoms with Gasteiger partial charge in [0.25, 0.3) is 0 Å². The first kappa shape index (κ1) is 17.0. The third-order valence-electron chi connectivity index (χ3n) is 2.51. The second-order valence-electron chi connectivity index (χ2n) is 3.97. The molecule has 0 atom stereocenters. The molecule has 0 bridgehead atoms. The Morgan fingerprint density at radius 2 is 1.18 bits per heavy atom. The number of hydrogen-bond donors (Lipinski definition) is 0. The van der Waals surface area contributed by atoms with Gasteiger partial charge in [-0.2, -0.15) is 0 Å². The van der Waals surface area contributed by atoms with Gasteiger partial charge in [0.15, 0.2) is 0 Å². The van der Waals surface area contributed by atoms with Crippen LogP contribution in [-0.4, -0.2) is 12.8 Å². The van der Waals surface area contributed by atoms with Crippen LogP contribution >= 0.6 is 45.2 Å². The summed E-state index contributed by atoms with van der Waals surface area (Å²) < 4.78 is 2.75. The van der Waals surface area contributed by atoms with Crippen molar-refractivity contribution < 1.29 is 9.59 Å². The molecule has 4 nitrogen and oxygen atoms in total. The van der Waals surface area contributed by atoms with Crippen molar-refractivity contribution in [1.82, 2.24) is 0 Å². The standard InChI is InChI=1S/C14H10Cl2N2O2S2/c15-11-3-1-5-13(7-11)17(9-19)21-22-18(10-20)14-6-2-4-12(16)8-14/h1-10H. The zero-order valence-electron chi connectivity index (χ0n) is 11.1. The molecule has 2 aromatic carbocycles. The van der Waals surface area contributed by atoms with Crippen molar-refractivity contribution in [2.45, 2.75) is 0 Å². The zero-order chi connectivity index (χ0) is 15.9. The van der Waals surface area contributed by atoms with Gasteiger partial charge in [-0.25, -0.2) is 8.61 Å². The third kappa shape index (κ3) is 4.58.